The summed E-state index contributed by atoms with van der Waals surface area (Å²) >= 11 is 0. The molecule has 0 atom stereocenters. The van der Waals surface area contributed by atoms with Gasteiger partial charge in [0.2, 0.25) is 0 Å². The number of hydrogen-bond donors (Lipinski definition) is 0. The molecule has 5 nitrogen and oxygen atoms in total. The van der Waals surface area contributed by atoms with E-state index in [0.717, 1.165) is 18.4 Å². The molecular weight excluding hydrogens is 268 g/mol. The Morgan fingerprint density at radius 3 is 2.57 bits per heavy atom. The average Bonchev–Trinajstić information content (AvgIpc) is 2.45. The highest BCUT2D eigenvalue weighted by Gasteiger charge is 2.16. The summed E-state index contributed by atoms with van der Waals surface area (Å²) in [4.78, 5) is 22.0. The number of allylic oxidation sites excluding steroid dienone is 4. The van der Waals surface area contributed by atoms with Crippen molar-refractivity contribution in [2.24, 2.45) is 5.10 Å². The predicted molar refractivity (Wildman–Crippen MR) is 80.7 cm³/mol. The number of carbonyl (C=O) groups excluding carboxylic acids is 1. The molecule has 0 N–H and O–H groups in total. The molecule has 21 heavy (non-hydrogen) atoms. The fourth-order valence-electron chi connectivity index (χ4n) is 2.26. The maximum absolute atomic E-state index is 11.5. The number of hydrazone groups is 1. The molecule has 1 aromatic carbocycles. The van der Waals surface area contributed by atoms with E-state index in [1.165, 1.54) is 18.6 Å². The zero-order valence-corrected chi connectivity index (χ0v) is 11.8. The molecule has 0 saturated heterocycles. The predicted octanol–water partition coefficient (Wildman–Crippen LogP) is 3.10. The van der Waals surface area contributed by atoms with Crippen LogP contribution in [0.5, 0.6) is 0 Å². The zero-order valence-electron chi connectivity index (χ0n) is 11.8. The maximum atomic E-state index is 11.5. The minimum Gasteiger partial charge on any atom is -0.295 e. The van der Waals surface area contributed by atoms with Crippen LogP contribution in [-0.2, 0) is 11.2 Å². The molecule has 1 aliphatic carbocycles. The fraction of sp³-hybridized carbons (Fsp3) is 0.250. The van der Waals surface area contributed by atoms with E-state index in [4.69, 9.17) is 0 Å². The zero-order chi connectivity index (χ0) is 15.2. The van der Waals surface area contributed by atoms with Crippen molar-refractivity contribution >= 4 is 11.5 Å². The van der Waals surface area contributed by atoms with Crippen LogP contribution < -0.4 is 0 Å². The summed E-state index contributed by atoms with van der Waals surface area (Å²) in [5.74, 6) is -0.108. The maximum Gasteiger partial charge on any atom is 0.191 e. The van der Waals surface area contributed by atoms with Crippen LogP contribution in [0.15, 0.2) is 58.7 Å². The highest BCUT2D eigenvalue weighted by Crippen LogP contribution is 2.21. The number of Topliss-reactive ketones (excluding diaryl/α,β-unsaturated/α-hetero) is 1. The van der Waals surface area contributed by atoms with Gasteiger partial charge in [0.05, 0.1) is 5.10 Å². The van der Waals surface area contributed by atoms with Gasteiger partial charge < -0.3 is 0 Å². The number of rotatable bonds is 5. The van der Waals surface area contributed by atoms with Crippen molar-refractivity contribution in [2.45, 2.75) is 26.2 Å². The van der Waals surface area contributed by atoms with Crippen LogP contribution in [0.2, 0.25) is 0 Å². The molecule has 1 aromatic rings. The number of benzene rings is 1. The normalized spacial score (nSPS) is 16.3. The van der Waals surface area contributed by atoms with Crippen molar-refractivity contribution in [1.82, 2.24) is 0 Å². The molecule has 5 heteroatoms. The first-order valence-corrected chi connectivity index (χ1v) is 6.72. The Bertz CT molecular complexity index is 643. The lowest BCUT2D eigenvalue weighted by molar-refractivity contribution is -0.485. The molecule has 0 unspecified atom stereocenters. The lowest BCUT2D eigenvalue weighted by Crippen LogP contribution is -2.10. The number of nitrogens with zero attached hydrogens (tertiary/aromatic N) is 2. The number of nitro groups is 1. The van der Waals surface area contributed by atoms with Gasteiger partial charge in [0, 0.05) is 12.0 Å². The van der Waals surface area contributed by atoms with Crippen molar-refractivity contribution in [3.8, 4) is 0 Å². The average molecular weight is 284 g/mol. The Morgan fingerprint density at radius 1 is 1.24 bits per heavy atom. The van der Waals surface area contributed by atoms with Gasteiger partial charge in [0.15, 0.2) is 10.8 Å². The standard InChI is InChI=1S/C16H16N2O3/c1-12(19)15-9-14(10-16(11-15)17-18(20)21)8-7-13-5-3-2-4-6-13/h2-6,9,11H,7-8,10H2,1H3. The molecule has 0 heterocycles. The van der Waals surface area contributed by atoms with Crippen LogP contribution in [0.3, 0.4) is 0 Å². The summed E-state index contributed by atoms with van der Waals surface area (Å²) in [5, 5.41) is 13.1. The summed E-state index contributed by atoms with van der Waals surface area (Å²) in [6, 6.07) is 9.99. The van der Waals surface area contributed by atoms with E-state index in [-0.39, 0.29) is 5.78 Å². The number of carbonyl (C=O) groups is 1. The van der Waals surface area contributed by atoms with Crippen LogP contribution in [-0.4, -0.2) is 16.5 Å². The Hall–Kier alpha value is -2.56. The Kier molecular flexibility index (Phi) is 4.77. The lowest BCUT2D eigenvalue weighted by atomic mass is 9.92. The quantitative estimate of drug-likeness (QED) is 0.616. The van der Waals surface area contributed by atoms with Gasteiger partial charge in [0.1, 0.15) is 5.71 Å². The third kappa shape index (κ3) is 4.49. The molecule has 0 fully saturated rings. The highest BCUT2D eigenvalue weighted by atomic mass is 16.7. The van der Waals surface area contributed by atoms with Gasteiger partial charge in [-0.2, -0.15) is 0 Å². The molecule has 0 bridgehead atoms. The molecule has 0 amide bonds. The number of ketones is 1. The minimum atomic E-state index is -0.719. The van der Waals surface area contributed by atoms with Crippen LogP contribution in [0.4, 0.5) is 0 Å². The van der Waals surface area contributed by atoms with Crippen molar-refractivity contribution in [3.05, 3.63) is 69.3 Å². The monoisotopic (exact) mass is 284 g/mol. The van der Waals surface area contributed by atoms with Gasteiger partial charge in [-0.1, -0.05) is 42.0 Å². The van der Waals surface area contributed by atoms with Gasteiger partial charge >= 0.3 is 0 Å². The first-order chi connectivity index (χ1) is 10.0. The SMILES string of the molecule is CC(=O)C1=CC(=N[N+](=O)[O-])CC(CCc2ccccc2)=C1. The Morgan fingerprint density at radius 2 is 1.95 bits per heavy atom. The number of aryl methyl sites for hydroxylation is 1. The van der Waals surface area contributed by atoms with E-state index < -0.39 is 5.03 Å². The molecule has 0 radical (unpaired) electrons. The van der Waals surface area contributed by atoms with Gasteiger partial charge in [-0.15, -0.1) is 0 Å². The smallest absolute Gasteiger partial charge is 0.191 e. The number of hydrogen-bond acceptors (Lipinski definition) is 3. The molecule has 0 spiro atoms. The molecular formula is C16H16N2O3. The molecule has 1 aliphatic rings. The van der Waals surface area contributed by atoms with Crippen LogP contribution >= 0.6 is 0 Å². The van der Waals surface area contributed by atoms with E-state index >= 15 is 0 Å². The van der Waals surface area contributed by atoms with E-state index in [0.29, 0.717) is 17.7 Å². The topological polar surface area (TPSA) is 72.6 Å². The first kappa shape index (κ1) is 14.8. The third-order valence-electron chi connectivity index (χ3n) is 3.28. The first-order valence-electron chi connectivity index (χ1n) is 6.72. The molecule has 0 aliphatic heterocycles. The van der Waals surface area contributed by atoms with Crippen molar-refractivity contribution in [1.29, 1.82) is 0 Å². The fourth-order valence-corrected chi connectivity index (χ4v) is 2.26. The second kappa shape index (κ2) is 6.74. The van der Waals surface area contributed by atoms with Gasteiger partial charge in [-0.25, -0.2) is 10.1 Å². The lowest BCUT2D eigenvalue weighted by Gasteiger charge is -2.12. The van der Waals surface area contributed by atoms with Gasteiger partial charge in [-0.3, -0.25) is 4.79 Å². The summed E-state index contributed by atoms with van der Waals surface area (Å²) in [7, 11) is 0. The summed E-state index contributed by atoms with van der Waals surface area (Å²) in [6.45, 7) is 1.45. The van der Waals surface area contributed by atoms with Gasteiger partial charge in [0.25, 0.3) is 0 Å². The van der Waals surface area contributed by atoms with E-state index in [2.05, 4.69) is 5.10 Å². The second-order valence-corrected chi connectivity index (χ2v) is 4.95. The molecule has 0 saturated carbocycles. The van der Waals surface area contributed by atoms with Crippen LogP contribution in [0.1, 0.15) is 25.3 Å². The van der Waals surface area contributed by atoms with Crippen LogP contribution in [0.25, 0.3) is 0 Å². The largest absolute Gasteiger partial charge is 0.295 e. The minimum absolute atomic E-state index is 0.108. The van der Waals surface area contributed by atoms with Crippen molar-refractivity contribution < 1.29 is 9.83 Å². The van der Waals surface area contributed by atoms with E-state index in [1.54, 1.807) is 0 Å². The Labute approximate surface area is 122 Å². The summed E-state index contributed by atoms with van der Waals surface area (Å²) < 4.78 is 0. The summed E-state index contributed by atoms with van der Waals surface area (Å²) in [6.07, 6.45) is 5.33. The highest BCUT2D eigenvalue weighted by molar-refractivity contribution is 6.08. The molecule has 2 rings (SSSR count). The Balaban J connectivity index is 2.13. The van der Waals surface area contributed by atoms with Crippen molar-refractivity contribution in [2.75, 3.05) is 0 Å². The second-order valence-electron chi connectivity index (χ2n) is 4.95. The molecule has 108 valence electrons. The van der Waals surface area contributed by atoms with E-state index in [9.17, 15) is 14.9 Å². The third-order valence-corrected chi connectivity index (χ3v) is 3.28. The molecule has 0 aromatic heterocycles. The van der Waals surface area contributed by atoms with Crippen molar-refractivity contribution in [3.63, 3.8) is 0 Å². The van der Waals surface area contributed by atoms with E-state index in [1.807, 2.05) is 36.4 Å². The van der Waals surface area contributed by atoms with Gasteiger partial charge in [-0.05, 0) is 31.4 Å². The summed E-state index contributed by atoms with van der Waals surface area (Å²) in [5.41, 5.74) is 3.00. The van der Waals surface area contributed by atoms with Crippen LogP contribution in [0, 0.1) is 10.1 Å².